The second-order valence-electron chi connectivity index (χ2n) is 3.57. The highest BCUT2D eigenvalue weighted by Gasteiger charge is 2.16. The lowest BCUT2D eigenvalue weighted by atomic mass is 10.4. The van der Waals surface area contributed by atoms with Crippen molar-refractivity contribution in [2.24, 2.45) is 0 Å². The van der Waals surface area contributed by atoms with Crippen LogP contribution in [0.3, 0.4) is 0 Å². The fraction of sp³-hybridized carbons (Fsp3) is 0.273. The highest BCUT2D eigenvalue weighted by atomic mass is 32.2. The fourth-order valence-corrected chi connectivity index (χ4v) is 2.52. The van der Waals surface area contributed by atoms with Gasteiger partial charge in [0.15, 0.2) is 10.3 Å². The van der Waals surface area contributed by atoms with Crippen molar-refractivity contribution in [1.29, 1.82) is 0 Å². The third kappa shape index (κ3) is 3.51. The van der Waals surface area contributed by atoms with Crippen LogP contribution < -0.4 is 5.32 Å². The summed E-state index contributed by atoms with van der Waals surface area (Å²) in [5.74, 6) is -0.0972. The van der Waals surface area contributed by atoms with E-state index in [1.165, 1.54) is 23.1 Å². The Morgan fingerprint density at radius 2 is 2.28 bits per heavy atom. The molecule has 2 rings (SSSR count). The average Bonchev–Trinajstić information content (AvgIpc) is 2.81. The van der Waals surface area contributed by atoms with Crippen molar-refractivity contribution >= 4 is 34.1 Å². The maximum absolute atomic E-state index is 11.9. The molecule has 5 nitrogen and oxygen atoms in total. The van der Waals surface area contributed by atoms with E-state index in [1.807, 2.05) is 25.3 Å². The van der Waals surface area contributed by atoms with Gasteiger partial charge in [0.05, 0.1) is 5.25 Å². The highest BCUT2D eigenvalue weighted by Crippen LogP contribution is 2.21. The van der Waals surface area contributed by atoms with E-state index >= 15 is 0 Å². The van der Waals surface area contributed by atoms with E-state index in [-0.39, 0.29) is 11.2 Å². The number of amides is 1. The normalized spacial score (nSPS) is 12.1. The molecule has 0 unspecified atom stereocenters. The number of thioether (sulfide) groups is 1. The van der Waals surface area contributed by atoms with Crippen LogP contribution in [0.1, 0.15) is 12.6 Å². The maximum atomic E-state index is 11.9. The second kappa shape index (κ2) is 5.92. The minimum atomic E-state index is -0.268. The van der Waals surface area contributed by atoms with Gasteiger partial charge in [0.2, 0.25) is 5.91 Å². The molecule has 2 heterocycles. The Morgan fingerprint density at radius 3 is 2.94 bits per heavy atom. The van der Waals surface area contributed by atoms with E-state index < -0.39 is 0 Å². The molecule has 7 heteroatoms. The van der Waals surface area contributed by atoms with Crippen molar-refractivity contribution in [3.63, 3.8) is 0 Å². The number of aromatic nitrogens is 3. The first kappa shape index (κ1) is 13.0. The van der Waals surface area contributed by atoms with E-state index in [2.05, 4.69) is 20.3 Å². The van der Waals surface area contributed by atoms with Gasteiger partial charge in [-0.1, -0.05) is 11.8 Å². The minimum Gasteiger partial charge on any atom is -0.301 e. The number of carbonyl (C=O) groups excluding carboxylic acids is 1. The first-order valence-electron chi connectivity index (χ1n) is 5.32. The molecule has 0 radical (unpaired) electrons. The summed E-state index contributed by atoms with van der Waals surface area (Å²) in [5.41, 5.74) is 0.889. The van der Waals surface area contributed by atoms with Crippen LogP contribution in [0.4, 0.5) is 5.13 Å². The van der Waals surface area contributed by atoms with Crippen LogP contribution in [0.25, 0.3) is 0 Å². The van der Waals surface area contributed by atoms with E-state index in [1.54, 1.807) is 12.4 Å². The predicted octanol–water partition coefficient (Wildman–Crippen LogP) is 2.36. The number of anilines is 1. The Hall–Kier alpha value is -1.47. The monoisotopic (exact) mass is 280 g/mol. The Kier molecular flexibility index (Phi) is 4.27. The molecular formula is C11H12N4OS2. The molecule has 1 N–H and O–H groups in total. The Bertz CT molecular complexity index is 530. The Balaban J connectivity index is 1.95. The summed E-state index contributed by atoms with van der Waals surface area (Å²) < 4.78 is 0. The van der Waals surface area contributed by atoms with Crippen LogP contribution in [-0.4, -0.2) is 26.1 Å². The molecule has 2 aromatic rings. The summed E-state index contributed by atoms with van der Waals surface area (Å²) in [6, 6.07) is 1.82. The number of hydrogen-bond donors (Lipinski definition) is 1. The second-order valence-corrected chi connectivity index (χ2v) is 5.77. The first-order valence-corrected chi connectivity index (χ1v) is 7.08. The van der Waals surface area contributed by atoms with Crippen LogP contribution in [-0.2, 0) is 4.79 Å². The van der Waals surface area contributed by atoms with E-state index in [0.29, 0.717) is 10.3 Å². The van der Waals surface area contributed by atoms with Crippen LogP contribution in [0.5, 0.6) is 0 Å². The summed E-state index contributed by atoms with van der Waals surface area (Å²) in [6.45, 7) is 3.71. The topological polar surface area (TPSA) is 67.8 Å². The SMILES string of the molecule is Cc1ccnc(S[C@H](C)C(=O)Nc2nccs2)n1. The van der Waals surface area contributed by atoms with E-state index in [0.717, 1.165) is 5.69 Å². The maximum Gasteiger partial charge on any atom is 0.239 e. The standard InChI is InChI=1S/C11H12N4OS2/c1-7-3-4-12-11(14-7)18-8(2)9(16)15-10-13-5-6-17-10/h3-6,8H,1-2H3,(H,13,15,16)/t8-/m1/s1. The van der Waals surface area contributed by atoms with Crippen molar-refractivity contribution in [2.45, 2.75) is 24.3 Å². The number of thiazole rings is 1. The van der Waals surface area contributed by atoms with Crippen molar-refractivity contribution in [2.75, 3.05) is 5.32 Å². The Morgan fingerprint density at radius 1 is 1.44 bits per heavy atom. The number of nitrogens with one attached hydrogen (secondary N) is 1. The molecule has 0 aliphatic rings. The molecule has 94 valence electrons. The molecule has 0 bridgehead atoms. The lowest BCUT2D eigenvalue weighted by Crippen LogP contribution is -2.22. The first-order chi connectivity index (χ1) is 8.65. The average molecular weight is 280 g/mol. The van der Waals surface area contributed by atoms with Crippen LogP contribution in [0.15, 0.2) is 29.0 Å². The molecule has 0 aromatic carbocycles. The van der Waals surface area contributed by atoms with E-state index in [4.69, 9.17) is 0 Å². The summed E-state index contributed by atoms with van der Waals surface area (Å²) in [7, 11) is 0. The molecule has 1 atom stereocenters. The van der Waals surface area contributed by atoms with Crippen LogP contribution >= 0.6 is 23.1 Å². The largest absolute Gasteiger partial charge is 0.301 e. The molecule has 0 saturated heterocycles. The number of rotatable bonds is 4. The van der Waals surface area contributed by atoms with Crippen molar-refractivity contribution in [1.82, 2.24) is 15.0 Å². The van der Waals surface area contributed by atoms with Gasteiger partial charge >= 0.3 is 0 Å². The summed E-state index contributed by atoms with van der Waals surface area (Å²) in [6.07, 6.45) is 3.35. The zero-order chi connectivity index (χ0) is 13.0. The van der Waals surface area contributed by atoms with Gasteiger partial charge < -0.3 is 5.32 Å². The zero-order valence-electron chi connectivity index (χ0n) is 9.95. The molecular weight excluding hydrogens is 268 g/mol. The third-order valence-electron chi connectivity index (χ3n) is 2.09. The molecule has 2 aromatic heterocycles. The molecule has 0 aliphatic heterocycles. The third-order valence-corrected chi connectivity index (χ3v) is 3.75. The van der Waals surface area contributed by atoms with Gasteiger partial charge in [-0.2, -0.15) is 0 Å². The molecule has 18 heavy (non-hydrogen) atoms. The van der Waals surface area contributed by atoms with Gasteiger partial charge in [0, 0.05) is 23.5 Å². The quantitative estimate of drug-likeness (QED) is 0.688. The molecule has 0 spiro atoms. The highest BCUT2D eigenvalue weighted by molar-refractivity contribution is 8.00. The van der Waals surface area contributed by atoms with Crippen molar-refractivity contribution in [3.05, 3.63) is 29.5 Å². The van der Waals surface area contributed by atoms with Gasteiger partial charge in [-0.15, -0.1) is 11.3 Å². The van der Waals surface area contributed by atoms with Gasteiger partial charge in [0.1, 0.15) is 0 Å². The van der Waals surface area contributed by atoms with Crippen LogP contribution in [0, 0.1) is 6.92 Å². The zero-order valence-corrected chi connectivity index (χ0v) is 11.6. The number of nitrogens with zero attached hydrogens (tertiary/aromatic N) is 3. The predicted molar refractivity (Wildman–Crippen MR) is 72.8 cm³/mol. The summed E-state index contributed by atoms with van der Waals surface area (Å²) >= 11 is 2.72. The van der Waals surface area contributed by atoms with Gasteiger partial charge in [-0.25, -0.2) is 15.0 Å². The van der Waals surface area contributed by atoms with Crippen molar-refractivity contribution < 1.29 is 4.79 Å². The van der Waals surface area contributed by atoms with Gasteiger partial charge in [-0.3, -0.25) is 4.79 Å². The number of aryl methyl sites for hydroxylation is 1. The number of carbonyl (C=O) groups is 1. The summed E-state index contributed by atoms with van der Waals surface area (Å²) in [5, 5.41) is 5.51. The van der Waals surface area contributed by atoms with Crippen LogP contribution in [0.2, 0.25) is 0 Å². The summed E-state index contributed by atoms with van der Waals surface area (Å²) in [4.78, 5) is 24.3. The molecule has 0 aliphatic carbocycles. The lowest BCUT2D eigenvalue weighted by Gasteiger charge is -2.09. The lowest BCUT2D eigenvalue weighted by molar-refractivity contribution is -0.115. The molecule has 0 saturated carbocycles. The smallest absolute Gasteiger partial charge is 0.239 e. The van der Waals surface area contributed by atoms with Crippen molar-refractivity contribution in [3.8, 4) is 0 Å². The number of hydrogen-bond acceptors (Lipinski definition) is 6. The van der Waals surface area contributed by atoms with Gasteiger partial charge in [0.25, 0.3) is 0 Å². The van der Waals surface area contributed by atoms with Gasteiger partial charge in [-0.05, 0) is 19.9 Å². The van der Waals surface area contributed by atoms with E-state index in [9.17, 15) is 4.79 Å². The molecule has 1 amide bonds. The fourth-order valence-electron chi connectivity index (χ4n) is 1.19. The Labute approximate surface area is 113 Å². The minimum absolute atomic E-state index is 0.0972. The molecule has 0 fully saturated rings.